The molecule has 0 aliphatic heterocycles. The minimum atomic E-state index is -0.251. The molecule has 1 aliphatic carbocycles. The van der Waals surface area contributed by atoms with Crippen molar-refractivity contribution in [1.29, 1.82) is 0 Å². The standard InChI is InChI=1S/C30H25ClFN3O/c1-19-5-14-28-26(15-19)29(34-30-27(17-33-35(28)30)21-8-10-23(31)11-9-21)22-3-2-4-25(16-22)36-18-20-6-12-24(32)13-7-20/h2-4,6-13,16-17,19H,5,14-15,18H2,1H3/t19-/m0/s1. The Morgan fingerprint density at radius 3 is 2.64 bits per heavy atom. The Balaban J connectivity index is 1.43. The fourth-order valence-corrected chi connectivity index (χ4v) is 5.07. The molecule has 4 nitrogen and oxygen atoms in total. The van der Waals surface area contributed by atoms with Gasteiger partial charge in [-0.3, -0.25) is 0 Å². The highest BCUT2D eigenvalue weighted by Crippen LogP contribution is 2.36. The van der Waals surface area contributed by atoms with Crippen LogP contribution in [0.2, 0.25) is 5.02 Å². The monoisotopic (exact) mass is 497 g/mol. The first-order valence-electron chi connectivity index (χ1n) is 12.2. The van der Waals surface area contributed by atoms with Crippen LogP contribution < -0.4 is 4.74 Å². The molecule has 2 heterocycles. The molecule has 0 amide bonds. The van der Waals surface area contributed by atoms with Crippen LogP contribution in [-0.4, -0.2) is 14.6 Å². The number of hydrogen-bond donors (Lipinski definition) is 0. The molecule has 1 atom stereocenters. The number of benzene rings is 3. The van der Waals surface area contributed by atoms with E-state index in [2.05, 4.69) is 13.0 Å². The first-order chi connectivity index (χ1) is 17.5. The van der Waals surface area contributed by atoms with E-state index in [0.29, 0.717) is 17.5 Å². The molecule has 1 aliphatic rings. The number of rotatable bonds is 5. The minimum absolute atomic E-state index is 0.251. The van der Waals surface area contributed by atoms with Crippen molar-refractivity contribution in [3.63, 3.8) is 0 Å². The van der Waals surface area contributed by atoms with E-state index in [0.717, 1.165) is 58.6 Å². The molecule has 6 rings (SSSR count). The van der Waals surface area contributed by atoms with Gasteiger partial charge in [-0.2, -0.15) is 5.10 Å². The third-order valence-corrected chi connectivity index (χ3v) is 7.11. The van der Waals surface area contributed by atoms with Gasteiger partial charge in [-0.15, -0.1) is 0 Å². The summed E-state index contributed by atoms with van der Waals surface area (Å²) < 4.78 is 21.3. The SMILES string of the molecule is C[C@H]1CCc2c(c(-c3cccc(OCc4ccc(F)cc4)c3)nc3c(-c4ccc(Cl)cc4)cnn23)C1. The maximum Gasteiger partial charge on any atom is 0.163 e. The van der Waals surface area contributed by atoms with Crippen molar-refractivity contribution >= 4 is 17.2 Å². The van der Waals surface area contributed by atoms with E-state index in [9.17, 15) is 4.39 Å². The summed E-state index contributed by atoms with van der Waals surface area (Å²) in [5, 5.41) is 5.45. The first kappa shape index (κ1) is 22.7. The Labute approximate surface area is 214 Å². The van der Waals surface area contributed by atoms with Crippen molar-refractivity contribution in [1.82, 2.24) is 14.6 Å². The van der Waals surface area contributed by atoms with Gasteiger partial charge in [-0.25, -0.2) is 13.9 Å². The van der Waals surface area contributed by atoms with Crippen LogP contribution in [0.3, 0.4) is 0 Å². The summed E-state index contributed by atoms with van der Waals surface area (Å²) in [6, 6.07) is 22.2. The van der Waals surface area contributed by atoms with E-state index in [1.807, 2.05) is 53.2 Å². The van der Waals surface area contributed by atoms with Crippen LogP contribution in [0, 0.1) is 11.7 Å². The third kappa shape index (κ3) is 4.35. The average Bonchev–Trinajstić information content (AvgIpc) is 3.32. The molecule has 0 saturated carbocycles. The van der Waals surface area contributed by atoms with E-state index in [-0.39, 0.29) is 5.82 Å². The second-order valence-corrected chi connectivity index (χ2v) is 9.91. The molecule has 0 spiro atoms. The molecule has 0 radical (unpaired) electrons. The van der Waals surface area contributed by atoms with Crippen molar-refractivity contribution in [3.8, 4) is 28.1 Å². The normalized spacial score (nSPS) is 15.1. The van der Waals surface area contributed by atoms with Gasteiger partial charge in [0.25, 0.3) is 0 Å². The molecule has 180 valence electrons. The van der Waals surface area contributed by atoms with Gasteiger partial charge in [0.1, 0.15) is 18.2 Å². The highest BCUT2D eigenvalue weighted by molar-refractivity contribution is 6.30. The van der Waals surface area contributed by atoms with Crippen LogP contribution in [0.15, 0.2) is 79.0 Å². The lowest BCUT2D eigenvalue weighted by Gasteiger charge is -2.24. The molecule has 6 heteroatoms. The molecule has 5 aromatic rings. The Morgan fingerprint density at radius 1 is 1.03 bits per heavy atom. The van der Waals surface area contributed by atoms with Gasteiger partial charge in [0.15, 0.2) is 5.65 Å². The summed E-state index contributed by atoms with van der Waals surface area (Å²) in [6.45, 7) is 2.66. The van der Waals surface area contributed by atoms with Crippen molar-refractivity contribution in [2.45, 2.75) is 32.8 Å². The van der Waals surface area contributed by atoms with Crippen LogP contribution in [0.4, 0.5) is 4.39 Å². The topological polar surface area (TPSA) is 39.4 Å². The van der Waals surface area contributed by atoms with Gasteiger partial charge in [0, 0.05) is 27.4 Å². The largest absolute Gasteiger partial charge is 0.489 e. The summed E-state index contributed by atoms with van der Waals surface area (Å²) >= 11 is 6.13. The minimum Gasteiger partial charge on any atom is -0.489 e. The Hall–Kier alpha value is -3.70. The Bertz CT molecular complexity index is 1540. The summed E-state index contributed by atoms with van der Waals surface area (Å²) in [4.78, 5) is 5.19. The van der Waals surface area contributed by atoms with E-state index in [1.54, 1.807) is 12.1 Å². The van der Waals surface area contributed by atoms with Gasteiger partial charge >= 0.3 is 0 Å². The Kier molecular flexibility index (Phi) is 5.94. The van der Waals surface area contributed by atoms with E-state index < -0.39 is 0 Å². The zero-order valence-corrected chi connectivity index (χ0v) is 20.7. The molecule has 0 fully saturated rings. The summed E-state index contributed by atoms with van der Waals surface area (Å²) in [6.07, 6.45) is 4.95. The van der Waals surface area contributed by atoms with E-state index in [4.69, 9.17) is 26.4 Å². The second kappa shape index (κ2) is 9.40. The molecule has 3 aromatic carbocycles. The highest BCUT2D eigenvalue weighted by atomic mass is 35.5. The predicted molar refractivity (Wildman–Crippen MR) is 141 cm³/mol. The lowest BCUT2D eigenvalue weighted by atomic mass is 9.85. The lowest BCUT2D eigenvalue weighted by molar-refractivity contribution is 0.306. The van der Waals surface area contributed by atoms with E-state index in [1.165, 1.54) is 23.4 Å². The third-order valence-electron chi connectivity index (χ3n) is 6.86. The molecule has 0 bridgehead atoms. The van der Waals surface area contributed by atoms with Crippen LogP contribution in [-0.2, 0) is 19.4 Å². The zero-order chi connectivity index (χ0) is 24.6. The molecular formula is C30H25ClFN3O. The first-order valence-corrected chi connectivity index (χ1v) is 12.6. The maximum absolute atomic E-state index is 13.2. The number of hydrogen-bond acceptors (Lipinski definition) is 3. The van der Waals surface area contributed by atoms with Gasteiger partial charge < -0.3 is 4.74 Å². The molecule has 36 heavy (non-hydrogen) atoms. The van der Waals surface area contributed by atoms with Gasteiger partial charge in [0.05, 0.1) is 11.9 Å². The number of halogens is 2. The van der Waals surface area contributed by atoms with Crippen LogP contribution in [0.1, 0.15) is 30.2 Å². The summed E-state index contributed by atoms with van der Waals surface area (Å²) in [7, 11) is 0. The van der Waals surface area contributed by atoms with Gasteiger partial charge in [0.2, 0.25) is 0 Å². The number of ether oxygens (including phenoxy) is 1. The molecule has 2 aromatic heterocycles. The maximum atomic E-state index is 13.2. The second-order valence-electron chi connectivity index (χ2n) is 9.48. The summed E-state index contributed by atoms with van der Waals surface area (Å²) in [5.41, 5.74) is 8.26. The van der Waals surface area contributed by atoms with Gasteiger partial charge in [-0.1, -0.05) is 54.9 Å². The molecule has 0 saturated heterocycles. The average molecular weight is 498 g/mol. The molecule has 0 N–H and O–H groups in total. The number of aromatic nitrogens is 3. The highest BCUT2D eigenvalue weighted by Gasteiger charge is 2.25. The quantitative estimate of drug-likeness (QED) is 0.251. The molecular weight excluding hydrogens is 473 g/mol. The number of fused-ring (bicyclic) bond motifs is 3. The summed E-state index contributed by atoms with van der Waals surface area (Å²) in [5.74, 6) is 1.08. The van der Waals surface area contributed by atoms with Crippen molar-refractivity contribution in [2.75, 3.05) is 0 Å². The number of nitrogens with zero attached hydrogens (tertiary/aromatic N) is 3. The zero-order valence-electron chi connectivity index (χ0n) is 19.9. The van der Waals surface area contributed by atoms with Gasteiger partial charge in [-0.05, 0) is 72.7 Å². The van der Waals surface area contributed by atoms with Crippen LogP contribution in [0.25, 0.3) is 28.0 Å². The Morgan fingerprint density at radius 2 is 1.83 bits per heavy atom. The van der Waals surface area contributed by atoms with Crippen molar-refractivity contribution < 1.29 is 9.13 Å². The van der Waals surface area contributed by atoms with E-state index >= 15 is 0 Å². The number of aryl methyl sites for hydroxylation is 1. The smallest absolute Gasteiger partial charge is 0.163 e. The van der Waals surface area contributed by atoms with Crippen molar-refractivity contribution in [3.05, 3.63) is 107 Å². The lowest BCUT2D eigenvalue weighted by Crippen LogP contribution is -2.18. The van der Waals surface area contributed by atoms with Crippen LogP contribution in [0.5, 0.6) is 5.75 Å². The fourth-order valence-electron chi connectivity index (χ4n) is 4.94. The predicted octanol–water partition coefficient (Wildman–Crippen LogP) is 7.56. The molecule has 0 unspecified atom stereocenters. The van der Waals surface area contributed by atoms with Crippen LogP contribution >= 0.6 is 11.6 Å². The fraction of sp³-hybridized carbons (Fsp3) is 0.200. The van der Waals surface area contributed by atoms with Crippen molar-refractivity contribution in [2.24, 2.45) is 5.92 Å².